The van der Waals surface area contributed by atoms with Crippen LogP contribution in [0.5, 0.6) is 5.75 Å². The number of carbonyl (C=O) groups excluding carboxylic acids is 1. The highest BCUT2D eigenvalue weighted by molar-refractivity contribution is 5.69. The molecule has 0 aliphatic rings. The van der Waals surface area contributed by atoms with Gasteiger partial charge in [-0.05, 0) is 31.9 Å². The number of rotatable bonds is 8. The van der Waals surface area contributed by atoms with Gasteiger partial charge in [0.15, 0.2) is 0 Å². The van der Waals surface area contributed by atoms with Crippen LogP contribution in [0.2, 0.25) is 0 Å². The monoisotopic (exact) mass is 266 g/mol. The molecule has 0 bridgehead atoms. The fourth-order valence-corrected chi connectivity index (χ4v) is 1.69. The van der Waals surface area contributed by atoms with Gasteiger partial charge in [-0.2, -0.15) is 0 Å². The molecule has 1 aromatic carbocycles. The summed E-state index contributed by atoms with van der Waals surface area (Å²) in [6.45, 7) is 7.59. The van der Waals surface area contributed by atoms with Crippen molar-refractivity contribution >= 4 is 5.97 Å². The zero-order valence-corrected chi connectivity index (χ0v) is 11.9. The molecule has 0 unspecified atom stereocenters. The molecule has 19 heavy (non-hydrogen) atoms. The highest BCUT2D eigenvalue weighted by Gasteiger charge is 2.06. The van der Waals surface area contributed by atoms with E-state index in [-0.39, 0.29) is 12.4 Å². The lowest BCUT2D eigenvalue weighted by atomic mass is 10.1. The minimum Gasteiger partial charge on any atom is -0.492 e. The summed E-state index contributed by atoms with van der Waals surface area (Å²) in [5.74, 6) is 0.593. The van der Waals surface area contributed by atoms with Gasteiger partial charge in [-0.25, -0.2) is 0 Å². The molecule has 0 spiro atoms. The maximum Gasteiger partial charge on any atom is 0.309 e. The fourth-order valence-electron chi connectivity index (χ4n) is 1.69. The number of para-hydroxylation sites is 1. The smallest absolute Gasteiger partial charge is 0.309 e. The molecule has 0 saturated carbocycles. The molecule has 0 amide bonds. The Bertz CT molecular complexity index is 381. The second kappa shape index (κ2) is 8.53. The Morgan fingerprint density at radius 3 is 2.42 bits per heavy atom. The van der Waals surface area contributed by atoms with Crippen molar-refractivity contribution in [3.05, 3.63) is 29.3 Å². The van der Waals surface area contributed by atoms with Gasteiger partial charge in [0.2, 0.25) is 0 Å². The summed E-state index contributed by atoms with van der Waals surface area (Å²) >= 11 is 0. The molecule has 0 saturated heterocycles. The average Bonchev–Trinajstić information content (AvgIpc) is 2.38. The van der Waals surface area contributed by atoms with E-state index < -0.39 is 0 Å². The molecule has 0 atom stereocenters. The number of esters is 1. The molecular weight excluding hydrogens is 244 g/mol. The van der Waals surface area contributed by atoms with Crippen LogP contribution in [0.3, 0.4) is 0 Å². The van der Waals surface area contributed by atoms with Crippen molar-refractivity contribution in [2.24, 2.45) is 0 Å². The molecule has 0 heterocycles. The van der Waals surface area contributed by atoms with Gasteiger partial charge in [-0.15, -0.1) is 0 Å². The van der Waals surface area contributed by atoms with E-state index in [9.17, 15) is 4.79 Å². The van der Waals surface area contributed by atoms with Crippen LogP contribution in [0.1, 0.15) is 24.5 Å². The zero-order chi connectivity index (χ0) is 14.1. The summed E-state index contributed by atoms with van der Waals surface area (Å²) in [6.07, 6.45) is 0.250. The van der Waals surface area contributed by atoms with Crippen LogP contribution >= 0.6 is 0 Å². The van der Waals surface area contributed by atoms with Crippen LogP contribution in [0.4, 0.5) is 0 Å². The summed E-state index contributed by atoms with van der Waals surface area (Å²) in [7, 11) is 0. The maximum absolute atomic E-state index is 11.4. The van der Waals surface area contributed by atoms with Gasteiger partial charge >= 0.3 is 5.97 Å². The van der Waals surface area contributed by atoms with E-state index in [0.717, 1.165) is 16.9 Å². The van der Waals surface area contributed by atoms with Gasteiger partial charge in [0, 0.05) is 6.61 Å². The Kier molecular flexibility index (Phi) is 6.97. The average molecular weight is 266 g/mol. The summed E-state index contributed by atoms with van der Waals surface area (Å²) in [5, 5.41) is 0. The summed E-state index contributed by atoms with van der Waals surface area (Å²) in [6, 6.07) is 5.96. The number of hydrogen-bond acceptors (Lipinski definition) is 4. The fraction of sp³-hybridized carbons (Fsp3) is 0.533. The lowest BCUT2D eigenvalue weighted by Crippen LogP contribution is -2.13. The number of carbonyl (C=O) groups is 1. The molecule has 4 heteroatoms. The molecular formula is C15H22O4. The van der Waals surface area contributed by atoms with Gasteiger partial charge in [0.1, 0.15) is 12.4 Å². The first kappa shape index (κ1) is 15.5. The third-order valence-corrected chi connectivity index (χ3v) is 2.66. The Hall–Kier alpha value is -1.55. The Morgan fingerprint density at radius 1 is 1.11 bits per heavy atom. The van der Waals surface area contributed by atoms with Gasteiger partial charge < -0.3 is 14.2 Å². The van der Waals surface area contributed by atoms with E-state index in [2.05, 4.69) is 0 Å². The van der Waals surface area contributed by atoms with Crippen molar-refractivity contribution in [2.75, 3.05) is 26.4 Å². The van der Waals surface area contributed by atoms with E-state index in [1.165, 1.54) is 0 Å². The summed E-state index contributed by atoms with van der Waals surface area (Å²) < 4.78 is 15.7. The van der Waals surface area contributed by atoms with Crippen LogP contribution < -0.4 is 4.74 Å². The van der Waals surface area contributed by atoms with E-state index in [4.69, 9.17) is 14.2 Å². The van der Waals surface area contributed by atoms with Crippen LogP contribution in [0.15, 0.2) is 18.2 Å². The first-order valence-corrected chi connectivity index (χ1v) is 6.57. The Balaban J connectivity index is 2.24. The lowest BCUT2D eigenvalue weighted by Gasteiger charge is -2.11. The second-order valence-corrected chi connectivity index (χ2v) is 4.24. The molecule has 0 N–H and O–H groups in total. The molecule has 1 aromatic rings. The number of hydrogen-bond donors (Lipinski definition) is 0. The van der Waals surface area contributed by atoms with E-state index in [1.54, 1.807) is 0 Å². The predicted octanol–water partition coefficient (Wildman–Crippen LogP) is 2.65. The Labute approximate surface area is 114 Å². The van der Waals surface area contributed by atoms with E-state index in [0.29, 0.717) is 26.4 Å². The molecule has 0 aliphatic heterocycles. The van der Waals surface area contributed by atoms with Crippen LogP contribution in [0.25, 0.3) is 0 Å². The Morgan fingerprint density at radius 2 is 1.79 bits per heavy atom. The number of aryl methyl sites for hydroxylation is 2. The molecule has 0 fully saturated rings. The third-order valence-electron chi connectivity index (χ3n) is 2.66. The lowest BCUT2D eigenvalue weighted by molar-refractivity contribution is -0.145. The minimum atomic E-state index is -0.258. The summed E-state index contributed by atoms with van der Waals surface area (Å²) in [4.78, 5) is 11.4. The first-order valence-electron chi connectivity index (χ1n) is 6.57. The first-order chi connectivity index (χ1) is 9.15. The molecule has 0 aromatic heterocycles. The van der Waals surface area contributed by atoms with Crippen molar-refractivity contribution in [3.8, 4) is 5.75 Å². The van der Waals surface area contributed by atoms with Gasteiger partial charge in [-0.1, -0.05) is 18.2 Å². The maximum atomic E-state index is 11.4. The number of benzene rings is 1. The number of ether oxygens (including phenoxy) is 3. The normalized spacial score (nSPS) is 10.3. The highest BCUT2D eigenvalue weighted by Crippen LogP contribution is 2.22. The van der Waals surface area contributed by atoms with Crippen molar-refractivity contribution in [1.82, 2.24) is 0 Å². The zero-order valence-electron chi connectivity index (χ0n) is 11.9. The molecule has 4 nitrogen and oxygen atoms in total. The SMILES string of the molecule is CCOCCOC(=O)CCOc1c(C)cccc1C. The molecule has 1 rings (SSSR count). The summed E-state index contributed by atoms with van der Waals surface area (Å²) in [5.41, 5.74) is 2.15. The van der Waals surface area contributed by atoms with Gasteiger partial charge in [0.25, 0.3) is 0 Å². The van der Waals surface area contributed by atoms with Gasteiger partial charge in [0.05, 0.1) is 19.6 Å². The molecule has 0 radical (unpaired) electrons. The van der Waals surface area contributed by atoms with Crippen LogP contribution in [-0.2, 0) is 14.3 Å². The van der Waals surface area contributed by atoms with Crippen molar-refractivity contribution in [3.63, 3.8) is 0 Å². The molecule has 0 aliphatic carbocycles. The highest BCUT2D eigenvalue weighted by atomic mass is 16.6. The van der Waals surface area contributed by atoms with E-state index in [1.807, 2.05) is 39.0 Å². The second-order valence-electron chi connectivity index (χ2n) is 4.24. The van der Waals surface area contributed by atoms with Crippen LogP contribution in [-0.4, -0.2) is 32.4 Å². The van der Waals surface area contributed by atoms with E-state index >= 15 is 0 Å². The van der Waals surface area contributed by atoms with Crippen LogP contribution in [0, 0.1) is 13.8 Å². The standard InChI is InChI=1S/C15H22O4/c1-4-17-10-11-18-14(16)8-9-19-15-12(2)6-5-7-13(15)3/h5-7H,4,8-11H2,1-3H3. The van der Waals surface area contributed by atoms with Crippen molar-refractivity contribution in [1.29, 1.82) is 0 Å². The van der Waals surface area contributed by atoms with Crippen molar-refractivity contribution < 1.29 is 19.0 Å². The largest absolute Gasteiger partial charge is 0.492 e. The third kappa shape index (κ3) is 5.75. The predicted molar refractivity (Wildman–Crippen MR) is 73.5 cm³/mol. The van der Waals surface area contributed by atoms with Crippen molar-refractivity contribution in [2.45, 2.75) is 27.2 Å². The quantitative estimate of drug-likeness (QED) is 0.536. The minimum absolute atomic E-state index is 0.250. The molecule has 106 valence electrons. The topological polar surface area (TPSA) is 44.8 Å². The van der Waals surface area contributed by atoms with Gasteiger partial charge in [-0.3, -0.25) is 4.79 Å².